The van der Waals surface area contributed by atoms with Crippen molar-refractivity contribution in [1.29, 1.82) is 0 Å². The van der Waals surface area contributed by atoms with Crippen molar-refractivity contribution in [2.75, 3.05) is 5.32 Å². The highest BCUT2D eigenvalue weighted by Crippen LogP contribution is 2.18. The lowest BCUT2D eigenvalue weighted by Gasteiger charge is -2.07. The number of anilines is 1. The predicted octanol–water partition coefficient (Wildman–Crippen LogP) is 2.27. The summed E-state index contributed by atoms with van der Waals surface area (Å²) in [5.41, 5.74) is 1.24. The van der Waals surface area contributed by atoms with Crippen molar-refractivity contribution in [2.24, 2.45) is 0 Å². The van der Waals surface area contributed by atoms with Crippen molar-refractivity contribution < 1.29 is 19.8 Å². The van der Waals surface area contributed by atoms with Crippen molar-refractivity contribution in [2.45, 2.75) is 6.42 Å². The van der Waals surface area contributed by atoms with Crippen LogP contribution in [-0.2, 0) is 11.2 Å². The summed E-state index contributed by atoms with van der Waals surface area (Å²) in [6, 6.07) is 12.8. The second-order valence-electron chi connectivity index (χ2n) is 4.24. The van der Waals surface area contributed by atoms with Crippen LogP contribution in [0.2, 0.25) is 0 Å². The molecule has 0 aliphatic carbocycles. The Morgan fingerprint density at radius 1 is 1.05 bits per heavy atom. The van der Waals surface area contributed by atoms with E-state index in [2.05, 4.69) is 5.32 Å². The minimum atomic E-state index is -0.936. The van der Waals surface area contributed by atoms with Crippen LogP contribution in [0.15, 0.2) is 48.5 Å². The third-order valence-corrected chi connectivity index (χ3v) is 2.69. The van der Waals surface area contributed by atoms with E-state index in [0.29, 0.717) is 11.3 Å². The van der Waals surface area contributed by atoms with Gasteiger partial charge in [0, 0.05) is 5.69 Å². The van der Waals surface area contributed by atoms with E-state index in [4.69, 9.17) is 5.11 Å². The van der Waals surface area contributed by atoms with Crippen LogP contribution in [0.4, 0.5) is 5.69 Å². The molecule has 0 saturated heterocycles. The first kappa shape index (κ1) is 13.6. The fourth-order valence-electron chi connectivity index (χ4n) is 1.80. The van der Waals surface area contributed by atoms with Crippen molar-refractivity contribution in [3.63, 3.8) is 0 Å². The van der Waals surface area contributed by atoms with E-state index < -0.39 is 11.9 Å². The summed E-state index contributed by atoms with van der Waals surface area (Å²) in [5, 5.41) is 20.9. The second-order valence-corrected chi connectivity index (χ2v) is 4.24. The molecule has 2 rings (SSSR count). The van der Waals surface area contributed by atoms with Crippen molar-refractivity contribution >= 4 is 17.6 Å². The lowest BCUT2D eigenvalue weighted by atomic mass is 10.1. The Morgan fingerprint density at radius 3 is 2.50 bits per heavy atom. The number of rotatable bonds is 4. The molecule has 0 fully saturated rings. The van der Waals surface area contributed by atoms with Gasteiger partial charge in [-0.25, -0.2) is 0 Å². The summed E-state index contributed by atoms with van der Waals surface area (Å²) in [7, 11) is 0. The minimum absolute atomic E-state index is 0.105. The standard InChI is InChI=1S/C15H13NO4/c17-13-7-2-1-6-12(13)15(20)16-11-5-3-4-10(8-11)9-14(18)19/h1-8,17H,9H2,(H,16,20)(H,18,19). The van der Waals surface area contributed by atoms with Gasteiger partial charge in [-0.2, -0.15) is 0 Å². The van der Waals surface area contributed by atoms with Gasteiger partial charge in [-0.1, -0.05) is 24.3 Å². The van der Waals surface area contributed by atoms with Gasteiger partial charge in [-0.15, -0.1) is 0 Å². The van der Waals surface area contributed by atoms with Gasteiger partial charge in [-0.3, -0.25) is 9.59 Å². The van der Waals surface area contributed by atoms with E-state index in [1.54, 1.807) is 36.4 Å². The Balaban J connectivity index is 2.16. The number of amides is 1. The Kier molecular flexibility index (Phi) is 4.00. The molecule has 102 valence electrons. The number of phenols is 1. The van der Waals surface area contributed by atoms with Crippen LogP contribution in [0.3, 0.4) is 0 Å². The van der Waals surface area contributed by atoms with Crippen molar-refractivity contribution in [1.82, 2.24) is 0 Å². The van der Waals surface area contributed by atoms with Gasteiger partial charge >= 0.3 is 5.97 Å². The SMILES string of the molecule is O=C(O)Cc1cccc(NC(=O)c2ccccc2O)c1. The normalized spacial score (nSPS) is 10.0. The molecular weight excluding hydrogens is 258 g/mol. The van der Waals surface area contributed by atoms with Crippen LogP contribution >= 0.6 is 0 Å². The molecule has 2 aromatic carbocycles. The third-order valence-electron chi connectivity index (χ3n) is 2.69. The van der Waals surface area contributed by atoms with Crippen LogP contribution in [0.25, 0.3) is 0 Å². The maximum atomic E-state index is 12.0. The number of carboxylic acids is 1. The van der Waals surface area contributed by atoms with Crippen molar-refractivity contribution in [3.05, 3.63) is 59.7 Å². The smallest absolute Gasteiger partial charge is 0.307 e. The summed E-state index contributed by atoms with van der Waals surface area (Å²) in [6.45, 7) is 0. The van der Waals surface area contributed by atoms with E-state index in [1.807, 2.05) is 0 Å². The van der Waals surface area contributed by atoms with Gasteiger partial charge in [0.2, 0.25) is 0 Å². The van der Waals surface area contributed by atoms with E-state index >= 15 is 0 Å². The van der Waals surface area contributed by atoms with Crippen molar-refractivity contribution in [3.8, 4) is 5.75 Å². The monoisotopic (exact) mass is 271 g/mol. The number of aliphatic carboxylic acids is 1. The number of carbonyl (C=O) groups is 2. The zero-order chi connectivity index (χ0) is 14.5. The Labute approximate surface area is 115 Å². The molecule has 3 N–H and O–H groups in total. The number of carbonyl (C=O) groups excluding carboxylic acids is 1. The summed E-state index contributed by atoms with van der Waals surface area (Å²) < 4.78 is 0. The lowest BCUT2D eigenvalue weighted by molar-refractivity contribution is -0.136. The molecule has 0 bridgehead atoms. The van der Waals surface area contributed by atoms with E-state index in [-0.39, 0.29) is 17.7 Å². The molecule has 0 heterocycles. The molecule has 0 unspecified atom stereocenters. The number of benzene rings is 2. The number of hydrogen-bond donors (Lipinski definition) is 3. The highest BCUT2D eigenvalue weighted by molar-refractivity contribution is 6.06. The molecule has 0 radical (unpaired) electrons. The summed E-state index contributed by atoms with van der Waals surface area (Å²) in [6.07, 6.45) is -0.111. The quantitative estimate of drug-likeness (QED) is 0.796. The Morgan fingerprint density at radius 2 is 1.80 bits per heavy atom. The molecule has 2 aromatic rings. The molecule has 0 aliphatic heterocycles. The van der Waals surface area contributed by atoms with Gasteiger partial charge in [0.25, 0.3) is 5.91 Å². The molecule has 0 saturated carbocycles. The first-order valence-electron chi connectivity index (χ1n) is 5.96. The Hall–Kier alpha value is -2.82. The number of nitrogens with one attached hydrogen (secondary N) is 1. The number of hydrogen-bond acceptors (Lipinski definition) is 3. The van der Waals surface area contributed by atoms with Crippen LogP contribution in [0, 0.1) is 0 Å². The van der Waals surface area contributed by atoms with E-state index in [9.17, 15) is 14.7 Å². The average Bonchev–Trinajstić information content (AvgIpc) is 2.38. The summed E-state index contributed by atoms with van der Waals surface area (Å²) in [5.74, 6) is -1.49. The maximum Gasteiger partial charge on any atom is 0.307 e. The zero-order valence-corrected chi connectivity index (χ0v) is 10.5. The number of aromatic hydroxyl groups is 1. The first-order valence-corrected chi connectivity index (χ1v) is 5.96. The lowest BCUT2D eigenvalue weighted by Crippen LogP contribution is -2.12. The van der Waals surface area contributed by atoms with Gasteiger partial charge in [0.15, 0.2) is 0 Å². The number of carboxylic acid groups (broad SMARTS) is 1. The molecule has 1 amide bonds. The Bertz CT molecular complexity index is 652. The zero-order valence-electron chi connectivity index (χ0n) is 10.5. The molecule has 0 atom stereocenters. The van der Waals surface area contributed by atoms with Crippen LogP contribution in [0.1, 0.15) is 15.9 Å². The summed E-state index contributed by atoms with van der Waals surface area (Å²) >= 11 is 0. The van der Waals surface area contributed by atoms with Crippen LogP contribution in [0.5, 0.6) is 5.75 Å². The molecule has 20 heavy (non-hydrogen) atoms. The van der Waals surface area contributed by atoms with Gasteiger partial charge < -0.3 is 15.5 Å². The average molecular weight is 271 g/mol. The van der Waals surface area contributed by atoms with Gasteiger partial charge in [0.05, 0.1) is 12.0 Å². The topological polar surface area (TPSA) is 86.6 Å². The fourth-order valence-corrected chi connectivity index (χ4v) is 1.80. The first-order chi connectivity index (χ1) is 9.56. The molecular formula is C15H13NO4. The van der Waals surface area contributed by atoms with E-state index in [1.165, 1.54) is 12.1 Å². The largest absolute Gasteiger partial charge is 0.507 e. The second kappa shape index (κ2) is 5.88. The van der Waals surface area contributed by atoms with Crippen LogP contribution < -0.4 is 5.32 Å². The highest BCUT2D eigenvalue weighted by Gasteiger charge is 2.10. The number of para-hydroxylation sites is 1. The number of phenolic OH excluding ortho intramolecular Hbond substituents is 1. The minimum Gasteiger partial charge on any atom is -0.507 e. The molecule has 5 heteroatoms. The molecule has 0 aliphatic rings. The van der Waals surface area contributed by atoms with Gasteiger partial charge in [-0.05, 0) is 29.8 Å². The van der Waals surface area contributed by atoms with E-state index in [0.717, 1.165) is 0 Å². The predicted molar refractivity (Wildman–Crippen MR) is 73.8 cm³/mol. The third kappa shape index (κ3) is 3.35. The molecule has 5 nitrogen and oxygen atoms in total. The van der Waals surface area contributed by atoms with Gasteiger partial charge in [0.1, 0.15) is 5.75 Å². The highest BCUT2D eigenvalue weighted by atomic mass is 16.4. The van der Waals surface area contributed by atoms with Crippen LogP contribution in [-0.4, -0.2) is 22.1 Å². The fraction of sp³-hybridized carbons (Fsp3) is 0.0667. The maximum absolute atomic E-state index is 12.0. The molecule has 0 aromatic heterocycles. The molecule has 0 spiro atoms. The summed E-state index contributed by atoms with van der Waals surface area (Å²) in [4.78, 5) is 22.6.